The predicted molar refractivity (Wildman–Crippen MR) is 94.7 cm³/mol. The highest BCUT2D eigenvalue weighted by molar-refractivity contribution is 9.10. The van der Waals surface area contributed by atoms with E-state index in [-0.39, 0.29) is 29.8 Å². The second kappa shape index (κ2) is 8.36. The number of nitrogens with one attached hydrogen (secondary N) is 2. The summed E-state index contributed by atoms with van der Waals surface area (Å²) < 4.78 is 27.4. The van der Waals surface area contributed by atoms with Gasteiger partial charge in [-0.2, -0.15) is 0 Å². The van der Waals surface area contributed by atoms with E-state index in [1.165, 1.54) is 18.5 Å². The van der Waals surface area contributed by atoms with Crippen LogP contribution in [0.5, 0.6) is 0 Å². The van der Waals surface area contributed by atoms with Crippen LogP contribution in [-0.4, -0.2) is 25.9 Å². The van der Waals surface area contributed by atoms with Gasteiger partial charge in [0.1, 0.15) is 4.90 Å². The van der Waals surface area contributed by atoms with Crippen molar-refractivity contribution >= 4 is 31.9 Å². The van der Waals surface area contributed by atoms with Crippen LogP contribution in [0.4, 0.5) is 0 Å². The molecular weight excluding hydrogens is 394 g/mol. The molecule has 0 aliphatic rings. The monoisotopic (exact) mass is 411 g/mol. The largest absolute Gasteiger partial charge is 0.350 e. The molecule has 2 rings (SSSR count). The van der Waals surface area contributed by atoms with Gasteiger partial charge in [-0.1, -0.05) is 28.1 Å². The summed E-state index contributed by atoms with van der Waals surface area (Å²) in [5.74, 6) is -0.223. The molecule has 1 atom stereocenters. The first-order valence-corrected chi connectivity index (χ1v) is 9.60. The Balaban J connectivity index is 1.82. The average molecular weight is 412 g/mol. The van der Waals surface area contributed by atoms with Gasteiger partial charge in [-0.25, -0.2) is 13.1 Å². The first-order chi connectivity index (χ1) is 11.4. The van der Waals surface area contributed by atoms with Gasteiger partial charge in [0.15, 0.2) is 0 Å². The molecule has 6 nitrogen and oxygen atoms in total. The topological polar surface area (TPSA) is 88.2 Å². The van der Waals surface area contributed by atoms with Crippen molar-refractivity contribution in [1.82, 2.24) is 15.0 Å². The number of aromatic nitrogens is 1. The van der Waals surface area contributed by atoms with Crippen LogP contribution in [-0.2, 0) is 14.8 Å². The first-order valence-electron chi connectivity index (χ1n) is 7.33. The highest BCUT2D eigenvalue weighted by Gasteiger charge is 2.15. The summed E-state index contributed by atoms with van der Waals surface area (Å²) in [6.07, 6.45) is 2.81. The highest BCUT2D eigenvalue weighted by Crippen LogP contribution is 2.16. The molecule has 0 saturated carbocycles. The molecule has 1 aromatic heterocycles. The van der Waals surface area contributed by atoms with E-state index in [0.717, 1.165) is 10.0 Å². The summed E-state index contributed by atoms with van der Waals surface area (Å²) in [5, 5.41) is 2.84. The molecule has 0 radical (unpaired) electrons. The number of carbonyl (C=O) groups is 1. The number of rotatable bonds is 7. The summed E-state index contributed by atoms with van der Waals surface area (Å²) in [5.41, 5.74) is 0.975. The molecule has 2 N–H and O–H groups in total. The number of benzene rings is 1. The van der Waals surface area contributed by atoms with Crippen LogP contribution in [0.25, 0.3) is 0 Å². The fourth-order valence-electron chi connectivity index (χ4n) is 2.04. The third-order valence-corrected chi connectivity index (χ3v) is 5.31. The van der Waals surface area contributed by atoms with Crippen molar-refractivity contribution < 1.29 is 13.2 Å². The molecule has 1 aromatic carbocycles. The summed E-state index contributed by atoms with van der Waals surface area (Å²) in [6, 6.07) is 10.5. The second-order valence-corrected chi connectivity index (χ2v) is 7.86. The Hall–Kier alpha value is -1.77. The third-order valence-electron chi connectivity index (χ3n) is 3.34. The normalized spacial score (nSPS) is 12.6. The number of nitrogens with zero attached hydrogens (tertiary/aromatic N) is 1. The van der Waals surface area contributed by atoms with Gasteiger partial charge in [0.2, 0.25) is 15.9 Å². The maximum atomic E-state index is 12.0. The van der Waals surface area contributed by atoms with Crippen molar-refractivity contribution in [3.63, 3.8) is 0 Å². The van der Waals surface area contributed by atoms with Crippen molar-refractivity contribution in [2.24, 2.45) is 0 Å². The highest BCUT2D eigenvalue weighted by atomic mass is 79.9. The van der Waals surface area contributed by atoms with Gasteiger partial charge in [-0.3, -0.25) is 9.78 Å². The summed E-state index contributed by atoms with van der Waals surface area (Å²) in [7, 11) is -3.64. The van der Waals surface area contributed by atoms with Gasteiger partial charge >= 0.3 is 0 Å². The standard InChI is InChI=1S/C16H18BrN3O3S/c1-12(13-4-6-14(17)7-5-13)20-16(21)8-10-19-24(22,23)15-3-2-9-18-11-15/h2-7,9,11-12,19H,8,10H2,1H3,(H,20,21). The van der Waals surface area contributed by atoms with E-state index < -0.39 is 10.0 Å². The maximum absolute atomic E-state index is 12.0. The number of hydrogen-bond acceptors (Lipinski definition) is 4. The number of amides is 1. The molecule has 1 heterocycles. The van der Waals surface area contributed by atoms with Crippen LogP contribution in [0.1, 0.15) is 24.9 Å². The van der Waals surface area contributed by atoms with Gasteiger partial charge in [0.05, 0.1) is 6.04 Å². The summed E-state index contributed by atoms with van der Waals surface area (Å²) in [6.45, 7) is 1.90. The average Bonchev–Trinajstić information content (AvgIpc) is 2.56. The lowest BCUT2D eigenvalue weighted by molar-refractivity contribution is -0.121. The van der Waals surface area contributed by atoms with E-state index in [1.54, 1.807) is 6.07 Å². The molecule has 128 valence electrons. The van der Waals surface area contributed by atoms with E-state index in [4.69, 9.17) is 0 Å². The second-order valence-electron chi connectivity index (χ2n) is 5.18. The molecule has 0 spiro atoms. The SMILES string of the molecule is CC(NC(=O)CCNS(=O)(=O)c1cccnc1)c1ccc(Br)cc1. The Morgan fingerprint density at radius 1 is 1.25 bits per heavy atom. The van der Waals surface area contributed by atoms with Crippen LogP contribution in [0.2, 0.25) is 0 Å². The van der Waals surface area contributed by atoms with Crippen molar-refractivity contribution in [2.45, 2.75) is 24.3 Å². The van der Waals surface area contributed by atoms with Crippen LogP contribution in [0.3, 0.4) is 0 Å². The van der Waals surface area contributed by atoms with Crippen molar-refractivity contribution in [3.05, 3.63) is 58.8 Å². The quantitative estimate of drug-likeness (QED) is 0.731. The van der Waals surface area contributed by atoms with E-state index in [9.17, 15) is 13.2 Å². The molecule has 0 aliphatic carbocycles. The van der Waals surface area contributed by atoms with E-state index >= 15 is 0 Å². The Kier molecular flexibility index (Phi) is 6.47. The number of sulfonamides is 1. The minimum Gasteiger partial charge on any atom is -0.350 e. The summed E-state index contributed by atoms with van der Waals surface area (Å²) in [4.78, 5) is 15.8. The van der Waals surface area contributed by atoms with Crippen LogP contribution >= 0.6 is 15.9 Å². The van der Waals surface area contributed by atoms with Crippen LogP contribution in [0, 0.1) is 0 Å². The minimum atomic E-state index is -3.64. The molecule has 24 heavy (non-hydrogen) atoms. The van der Waals surface area contributed by atoms with Gasteiger partial charge in [0.25, 0.3) is 0 Å². The number of hydrogen-bond donors (Lipinski definition) is 2. The molecular formula is C16H18BrN3O3S. The molecule has 2 aromatic rings. The Labute approximate surface area is 149 Å². The molecule has 8 heteroatoms. The van der Waals surface area contributed by atoms with E-state index in [1.807, 2.05) is 31.2 Å². The van der Waals surface area contributed by atoms with E-state index in [0.29, 0.717) is 0 Å². The van der Waals surface area contributed by atoms with Gasteiger partial charge in [0, 0.05) is 29.8 Å². The van der Waals surface area contributed by atoms with Gasteiger partial charge < -0.3 is 5.32 Å². The zero-order valence-electron chi connectivity index (χ0n) is 13.1. The van der Waals surface area contributed by atoms with Crippen molar-refractivity contribution in [1.29, 1.82) is 0 Å². The smallest absolute Gasteiger partial charge is 0.242 e. The van der Waals surface area contributed by atoms with E-state index in [2.05, 4.69) is 31.0 Å². The molecule has 0 saturated heterocycles. The van der Waals surface area contributed by atoms with Crippen molar-refractivity contribution in [2.75, 3.05) is 6.54 Å². The molecule has 1 amide bonds. The van der Waals surface area contributed by atoms with Crippen molar-refractivity contribution in [3.8, 4) is 0 Å². The van der Waals surface area contributed by atoms with Gasteiger partial charge in [-0.05, 0) is 36.8 Å². The minimum absolute atomic E-state index is 0.0239. The Morgan fingerprint density at radius 3 is 2.58 bits per heavy atom. The molecule has 1 unspecified atom stereocenters. The van der Waals surface area contributed by atoms with Crippen LogP contribution in [0.15, 0.2) is 58.2 Å². The number of carbonyl (C=O) groups excluding carboxylic acids is 1. The van der Waals surface area contributed by atoms with Gasteiger partial charge in [-0.15, -0.1) is 0 Å². The first kappa shape index (κ1) is 18.6. The lowest BCUT2D eigenvalue weighted by atomic mass is 10.1. The molecule has 0 aliphatic heterocycles. The molecule has 0 bridgehead atoms. The molecule has 0 fully saturated rings. The lowest BCUT2D eigenvalue weighted by Gasteiger charge is -2.14. The summed E-state index contributed by atoms with van der Waals surface area (Å²) >= 11 is 3.36. The Bertz CT molecular complexity index is 780. The third kappa shape index (κ3) is 5.40. The zero-order valence-corrected chi connectivity index (χ0v) is 15.5. The van der Waals surface area contributed by atoms with Crippen LogP contribution < -0.4 is 10.0 Å². The number of halogens is 1. The Morgan fingerprint density at radius 2 is 1.96 bits per heavy atom. The lowest BCUT2D eigenvalue weighted by Crippen LogP contribution is -2.32. The predicted octanol–water partition coefficient (Wildman–Crippen LogP) is 2.39. The fraction of sp³-hybridized carbons (Fsp3) is 0.250. The number of pyridine rings is 1. The maximum Gasteiger partial charge on any atom is 0.242 e. The fourth-order valence-corrected chi connectivity index (χ4v) is 3.30. The zero-order chi connectivity index (χ0) is 17.6.